The number of carbonyl (C=O) groups is 1. The quantitative estimate of drug-likeness (QED) is 0.520. The Labute approximate surface area is 46.8 Å². The second-order valence-corrected chi connectivity index (χ2v) is 1.95. The number of hydrogen-bond donors (Lipinski definition) is 2. The van der Waals surface area contributed by atoms with Crippen LogP contribution >= 0.6 is 0 Å². The first-order chi connectivity index (χ1) is 3.72. The largest absolute Gasteiger partial charge is 0.481 e. The molecule has 1 unspecified atom stereocenters. The Hall–Kier alpha value is -0.860. The normalized spacial score (nSPS) is 27.0. The molecule has 1 fully saturated rings. The lowest BCUT2D eigenvalue weighted by Crippen LogP contribution is -2.32. The minimum atomic E-state index is -0.846. The number of carboxylic acid groups (broad SMARTS) is 1. The summed E-state index contributed by atoms with van der Waals surface area (Å²) in [6.45, 7) is 0. The predicted octanol–water partition coefficient (Wildman–Crippen LogP) is 0.501. The SMILES string of the molecule is N=C1CCC1C(=O)O. The molecule has 0 heterocycles. The van der Waals surface area contributed by atoms with Gasteiger partial charge in [-0.2, -0.15) is 0 Å². The van der Waals surface area contributed by atoms with E-state index < -0.39 is 11.9 Å². The summed E-state index contributed by atoms with van der Waals surface area (Å²) in [7, 11) is 0. The minimum absolute atomic E-state index is 0.373. The number of aliphatic carboxylic acids is 1. The lowest BCUT2D eigenvalue weighted by atomic mass is 9.83. The fourth-order valence-electron chi connectivity index (χ4n) is 0.706. The Morgan fingerprint density at radius 1 is 1.88 bits per heavy atom. The van der Waals surface area contributed by atoms with Crippen molar-refractivity contribution in [3.8, 4) is 0 Å². The van der Waals surface area contributed by atoms with E-state index in [0.717, 1.165) is 0 Å². The van der Waals surface area contributed by atoms with E-state index in [1.807, 2.05) is 0 Å². The first-order valence-electron chi connectivity index (χ1n) is 2.52. The molecule has 1 rings (SSSR count). The van der Waals surface area contributed by atoms with E-state index in [1.165, 1.54) is 0 Å². The highest BCUT2D eigenvalue weighted by molar-refractivity contribution is 6.04. The van der Waals surface area contributed by atoms with Gasteiger partial charge >= 0.3 is 5.97 Å². The maximum atomic E-state index is 10.1. The van der Waals surface area contributed by atoms with Crippen LogP contribution in [-0.4, -0.2) is 16.8 Å². The van der Waals surface area contributed by atoms with Crippen molar-refractivity contribution in [3.05, 3.63) is 0 Å². The zero-order chi connectivity index (χ0) is 6.15. The van der Waals surface area contributed by atoms with Gasteiger partial charge in [0.05, 0.1) is 5.92 Å². The lowest BCUT2D eigenvalue weighted by molar-refractivity contribution is -0.140. The van der Waals surface area contributed by atoms with E-state index in [-0.39, 0.29) is 0 Å². The average molecular weight is 113 g/mol. The molecule has 0 aromatic carbocycles. The fourth-order valence-corrected chi connectivity index (χ4v) is 0.706. The summed E-state index contributed by atoms with van der Waals surface area (Å²) < 4.78 is 0. The van der Waals surface area contributed by atoms with Crippen LogP contribution in [0.15, 0.2) is 0 Å². The van der Waals surface area contributed by atoms with Gasteiger partial charge in [0, 0.05) is 5.71 Å². The zero-order valence-corrected chi connectivity index (χ0v) is 4.35. The molecule has 44 valence electrons. The van der Waals surface area contributed by atoms with Crippen LogP contribution in [0.5, 0.6) is 0 Å². The molecule has 3 nitrogen and oxygen atoms in total. The Bertz CT molecular complexity index is 133. The van der Waals surface area contributed by atoms with Gasteiger partial charge in [0.15, 0.2) is 0 Å². The second-order valence-electron chi connectivity index (χ2n) is 1.95. The molecule has 1 saturated carbocycles. The number of carboxylic acids is 1. The van der Waals surface area contributed by atoms with Crippen LogP contribution in [0.3, 0.4) is 0 Å². The monoisotopic (exact) mass is 113 g/mol. The van der Waals surface area contributed by atoms with Crippen LogP contribution in [0.25, 0.3) is 0 Å². The molecule has 8 heavy (non-hydrogen) atoms. The topological polar surface area (TPSA) is 61.2 Å². The number of hydrogen-bond acceptors (Lipinski definition) is 2. The third kappa shape index (κ3) is 0.598. The summed E-state index contributed by atoms with van der Waals surface area (Å²) in [5, 5.41) is 15.2. The average Bonchev–Trinajstić information content (AvgIpc) is 1.61. The van der Waals surface area contributed by atoms with Gasteiger partial charge in [-0.25, -0.2) is 0 Å². The lowest BCUT2D eigenvalue weighted by Gasteiger charge is -2.21. The van der Waals surface area contributed by atoms with Crippen molar-refractivity contribution >= 4 is 11.7 Å². The van der Waals surface area contributed by atoms with Crippen LogP contribution in [0.4, 0.5) is 0 Å². The van der Waals surface area contributed by atoms with Crippen molar-refractivity contribution in [3.63, 3.8) is 0 Å². The Kier molecular flexibility index (Phi) is 1.04. The van der Waals surface area contributed by atoms with Gasteiger partial charge < -0.3 is 10.5 Å². The van der Waals surface area contributed by atoms with Gasteiger partial charge in [0.2, 0.25) is 0 Å². The molecule has 0 spiro atoms. The van der Waals surface area contributed by atoms with E-state index in [2.05, 4.69) is 0 Å². The summed E-state index contributed by atoms with van der Waals surface area (Å²) in [5.41, 5.74) is 0.373. The Balaban J connectivity index is 2.49. The summed E-state index contributed by atoms with van der Waals surface area (Å²) >= 11 is 0. The molecular formula is C5H7NO2. The molecular weight excluding hydrogens is 106 g/mol. The van der Waals surface area contributed by atoms with Crippen molar-refractivity contribution < 1.29 is 9.90 Å². The molecule has 1 aliphatic carbocycles. The van der Waals surface area contributed by atoms with Crippen LogP contribution in [0.2, 0.25) is 0 Å². The van der Waals surface area contributed by atoms with Crippen molar-refractivity contribution in [1.82, 2.24) is 0 Å². The van der Waals surface area contributed by atoms with E-state index in [1.54, 1.807) is 0 Å². The van der Waals surface area contributed by atoms with Gasteiger partial charge in [0.1, 0.15) is 0 Å². The summed E-state index contributed by atoms with van der Waals surface area (Å²) in [4.78, 5) is 10.1. The molecule has 0 amide bonds. The zero-order valence-electron chi connectivity index (χ0n) is 4.35. The maximum absolute atomic E-state index is 10.1. The Morgan fingerprint density at radius 3 is 2.50 bits per heavy atom. The number of rotatable bonds is 1. The van der Waals surface area contributed by atoms with Crippen molar-refractivity contribution in [2.24, 2.45) is 5.92 Å². The molecule has 2 N–H and O–H groups in total. The highest BCUT2D eigenvalue weighted by Crippen LogP contribution is 2.22. The highest BCUT2D eigenvalue weighted by Gasteiger charge is 2.30. The molecule has 0 saturated heterocycles. The number of nitrogens with one attached hydrogen (secondary N) is 1. The molecule has 0 radical (unpaired) electrons. The smallest absolute Gasteiger partial charge is 0.312 e. The third-order valence-electron chi connectivity index (χ3n) is 1.42. The van der Waals surface area contributed by atoms with Gasteiger partial charge in [-0.15, -0.1) is 0 Å². The summed E-state index contributed by atoms with van der Waals surface area (Å²) in [5.74, 6) is -1.30. The third-order valence-corrected chi connectivity index (χ3v) is 1.42. The van der Waals surface area contributed by atoms with Crippen LogP contribution in [0.1, 0.15) is 12.8 Å². The molecule has 1 aliphatic rings. The summed E-state index contributed by atoms with van der Waals surface area (Å²) in [6, 6.07) is 0. The Morgan fingerprint density at radius 2 is 2.50 bits per heavy atom. The van der Waals surface area contributed by atoms with Gasteiger partial charge in [-0.1, -0.05) is 0 Å². The van der Waals surface area contributed by atoms with E-state index >= 15 is 0 Å². The molecule has 0 aromatic heterocycles. The van der Waals surface area contributed by atoms with Gasteiger partial charge in [0.25, 0.3) is 0 Å². The van der Waals surface area contributed by atoms with Crippen molar-refractivity contribution in [2.45, 2.75) is 12.8 Å². The summed E-state index contributed by atoms with van der Waals surface area (Å²) in [6.07, 6.45) is 1.34. The molecule has 1 atom stereocenters. The maximum Gasteiger partial charge on any atom is 0.312 e. The van der Waals surface area contributed by atoms with Crippen LogP contribution in [-0.2, 0) is 4.79 Å². The van der Waals surface area contributed by atoms with Crippen molar-refractivity contribution in [2.75, 3.05) is 0 Å². The van der Waals surface area contributed by atoms with E-state index in [0.29, 0.717) is 18.6 Å². The first kappa shape index (κ1) is 5.28. The predicted molar refractivity (Wildman–Crippen MR) is 28.1 cm³/mol. The second kappa shape index (κ2) is 1.58. The van der Waals surface area contributed by atoms with E-state index in [4.69, 9.17) is 10.5 Å². The van der Waals surface area contributed by atoms with Crippen LogP contribution < -0.4 is 0 Å². The molecule has 0 aliphatic heterocycles. The highest BCUT2D eigenvalue weighted by atomic mass is 16.4. The molecule has 3 heteroatoms. The first-order valence-corrected chi connectivity index (χ1v) is 2.52. The van der Waals surface area contributed by atoms with Gasteiger partial charge in [-0.3, -0.25) is 4.79 Å². The van der Waals surface area contributed by atoms with Gasteiger partial charge in [-0.05, 0) is 12.8 Å². The standard InChI is InChI=1S/C5H7NO2/c6-4-2-1-3(4)5(7)8/h3,6H,1-2H2,(H,7,8). The van der Waals surface area contributed by atoms with Crippen molar-refractivity contribution in [1.29, 1.82) is 5.41 Å². The molecule has 0 bridgehead atoms. The minimum Gasteiger partial charge on any atom is -0.481 e. The molecule has 0 aromatic rings. The fraction of sp³-hybridized carbons (Fsp3) is 0.600. The van der Waals surface area contributed by atoms with Crippen LogP contribution in [0, 0.1) is 11.3 Å². The van der Waals surface area contributed by atoms with E-state index in [9.17, 15) is 4.79 Å².